The molecule has 0 N–H and O–H groups in total. The molecule has 0 bridgehead atoms. The van der Waals surface area contributed by atoms with Gasteiger partial charge in [0.15, 0.2) is 0 Å². The quantitative estimate of drug-likeness (QED) is 0.474. The van der Waals surface area contributed by atoms with Crippen LogP contribution in [0.1, 0.15) is 12.0 Å². The van der Waals surface area contributed by atoms with E-state index in [4.69, 9.17) is 9.72 Å². The molecule has 2 aromatic carbocycles. The highest BCUT2D eigenvalue weighted by Crippen LogP contribution is 2.28. The van der Waals surface area contributed by atoms with Crippen molar-refractivity contribution >= 4 is 11.0 Å². The van der Waals surface area contributed by atoms with Crippen LogP contribution < -0.4 is 0 Å². The summed E-state index contributed by atoms with van der Waals surface area (Å²) >= 11 is 0. The summed E-state index contributed by atoms with van der Waals surface area (Å²) in [5, 5.41) is 4.55. The lowest BCUT2D eigenvalue weighted by Crippen LogP contribution is -2.37. The van der Waals surface area contributed by atoms with Crippen molar-refractivity contribution < 1.29 is 4.74 Å². The van der Waals surface area contributed by atoms with Gasteiger partial charge in [0.25, 0.3) is 0 Å². The van der Waals surface area contributed by atoms with E-state index in [0.29, 0.717) is 0 Å². The first-order chi connectivity index (χ1) is 15.3. The summed E-state index contributed by atoms with van der Waals surface area (Å²) < 4.78 is 7.43. The van der Waals surface area contributed by atoms with Crippen LogP contribution in [0.15, 0.2) is 61.1 Å². The normalized spacial score (nSPS) is 14.9. The first-order valence-corrected chi connectivity index (χ1v) is 10.9. The zero-order valence-electron chi connectivity index (χ0n) is 17.9. The molecule has 6 heteroatoms. The molecular formula is C25H27N5O. The van der Waals surface area contributed by atoms with Crippen molar-refractivity contribution in [1.29, 1.82) is 0 Å². The average Bonchev–Trinajstić information content (AvgIpc) is 3.28. The van der Waals surface area contributed by atoms with Crippen LogP contribution in [0.5, 0.6) is 0 Å². The Hall–Kier alpha value is -3.09. The van der Waals surface area contributed by atoms with Crippen LogP contribution in [0.3, 0.4) is 0 Å². The van der Waals surface area contributed by atoms with Crippen molar-refractivity contribution in [2.75, 3.05) is 32.8 Å². The zero-order chi connectivity index (χ0) is 21.0. The molecule has 3 heterocycles. The summed E-state index contributed by atoms with van der Waals surface area (Å²) in [6, 6.07) is 14.7. The Labute approximate surface area is 182 Å². The first-order valence-electron chi connectivity index (χ1n) is 10.9. The van der Waals surface area contributed by atoms with Crippen LogP contribution in [0, 0.1) is 6.92 Å². The molecule has 1 aliphatic heterocycles. The van der Waals surface area contributed by atoms with Crippen molar-refractivity contribution in [3.05, 3.63) is 66.6 Å². The molecule has 158 valence electrons. The van der Waals surface area contributed by atoms with E-state index in [1.807, 2.05) is 29.2 Å². The highest BCUT2D eigenvalue weighted by molar-refractivity contribution is 5.92. The fourth-order valence-electron chi connectivity index (χ4n) is 4.12. The number of hydrogen-bond donors (Lipinski definition) is 0. The minimum Gasteiger partial charge on any atom is -0.379 e. The van der Waals surface area contributed by atoms with Gasteiger partial charge in [-0.25, -0.2) is 4.98 Å². The highest BCUT2D eigenvalue weighted by Gasteiger charge is 2.12. The second-order valence-electron chi connectivity index (χ2n) is 8.10. The largest absolute Gasteiger partial charge is 0.379 e. The minimum atomic E-state index is 0.844. The van der Waals surface area contributed by atoms with Crippen LogP contribution >= 0.6 is 0 Å². The Morgan fingerprint density at radius 1 is 0.968 bits per heavy atom. The topological polar surface area (TPSA) is 56.1 Å². The average molecular weight is 414 g/mol. The molecule has 0 radical (unpaired) electrons. The van der Waals surface area contributed by atoms with Crippen molar-refractivity contribution in [2.24, 2.45) is 0 Å². The monoisotopic (exact) mass is 413 g/mol. The molecule has 0 aliphatic carbocycles. The Bertz CT molecular complexity index is 1180. The van der Waals surface area contributed by atoms with Crippen LogP contribution in [-0.2, 0) is 11.3 Å². The summed E-state index contributed by atoms with van der Waals surface area (Å²) in [7, 11) is 0. The number of ether oxygens (including phenoxy) is 1. The smallest absolute Gasteiger partial charge is 0.0972 e. The van der Waals surface area contributed by atoms with Gasteiger partial charge in [0, 0.05) is 43.5 Å². The molecule has 0 unspecified atom stereocenters. The van der Waals surface area contributed by atoms with E-state index in [1.165, 1.54) is 5.56 Å². The molecule has 2 aromatic heterocycles. The van der Waals surface area contributed by atoms with E-state index in [9.17, 15) is 0 Å². The van der Waals surface area contributed by atoms with Crippen molar-refractivity contribution in [2.45, 2.75) is 19.9 Å². The lowest BCUT2D eigenvalue weighted by molar-refractivity contribution is 0.0368. The molecule has 1 saturated heterocycles. The lowest BCUT2D eigenvalue weighted by Gasteiger charge is -2.26. The number of rotatable bonds is 6. The molecule has 4 aromatic rings. The number of aromatic nitrogens is 4. The summed E-state index contributed by atoms with van der Waals surface area (Å²) in [4.78, 5) is 12.1. The standard InChI is InChI=1S/C25H27N5O/c1-19-5-2-6-20(15-19)22-7-3-8-23-25(22)28-24(17-26-23)21-16-27-30(18-21)10-4-9-29-11-13-31-14-12-29/h2-3,5-8,15-18H,4,9-14H2,1H3. The molecule has 0 amide bonds. The third-order valence-corrected chi connectivity index (χ3v) is 5.80. The molecule has 31 heavy (non-hydrogen) atoms. The van der Waals surface area contributed by atoms with Crippen molar-refractivity contribution in [3.8, 4) is 22.4 Å². The van der Waals surface area contributed by atoms with Crippen LogP contribution in [0.25, 0.3) is 33.4 Å². The van der Waals surface area contributed by atoms with Gasteiger partial charge < -0.3 is 4.74 Å². The third-order valence-electron chi connectivity index (χ3n) is 5.80. The molecule has 5 rings (SSSR count). The van der Waals surface area contributed by atoms with Crippen LogP contribution in [0.4, 0.5) is 0 Å². The Morgan fingerprint density at radius 3 is 2.71 bits per heavy atom. The van der Waals surface area contributed by atoms with Gasteiger partial charge in [0.05, 0.1) is 42.3 Å². The maximum Gasteiger partial charge on any atom is 0.0972 e. The van der Waals surface area contributed by atoms with E-state index in [1.54, 1.807) is 0 Å². The number of benzene rings is 2. The summed E-state index contributed by atoms with van der Waals surface area (Å²) in [6.45, 7) is 7.83. The van der Waals surface area contributed by atoms with E-state index < -0.39 is 0 Å². The van der Waals surface area contributed by atoms with E-state index in [-0.39, 0.29) is 0 Å². The van der Waals surface area contributed by atoms with Gasteiger partial charge in [0.2, 0.25) is 0 Å². The maximum atomic E-state index is 5.42. The summed E-state index contributed by atoms with van der Waals surface area (Å²) in [6.07, 6.45) is 6.88. The number of morpholine rings is 1. The zero-order valence-corrected chi connectivity index (χ0v) is 17.9. The maximum absolute atomic E-state index is 5.42. The number of hydrogen-bond acceptors (Lipinski definition) is 5. The molecule has 1 fully saturated rings. The fraction of sp³-hybridized carbons (Fsp3) is 0.320. The molecule has 0 saturated carbocycles. The van der Waals surface area contributed by atoms with Gasteiger partial charge in [-0.05, 0) is 25.0 Å². The van der Waals surface area contributed by atoms with Crippen LogP contribution in [0.2, 0.25) is 0 Å². The first kappa shape index (κ1) is 19.8. The van der Waals surface area contributed by atoms with Gasteiger partial charge in [-0.3, -0.25) is 14.6 Å². The molecule has 6 nitrogen and oxygen atoms in total. The second-order valence-corrected chi connectivity index (χ2v) is 8.10. The minimum absolute atomic E-state index is 0.844. The van der Waals surface area contributed by atoms with Gasteiger partial charge >= 0.3 is 0 Å². The predicted octanol–water partition coefficient (Wildman–Crippen LogP) is 4.19. The van der Waals surface area contributed by atoms with E-state index in [2.05, 4.69) is 58.4 Å². The molecule has 0 atom stereocenters. The predicted molar refractivity (Wildman–Crippen MR) is 123 cm³/mol. The molecular weight excluding hydrogens is 386 g/mol. The van der Waals surface area contributed by atoms with Gasteiger partial charge in [-0.2, -0.15) is 5.10 Å². The molecule has 0 spiro atoms. The highest BCUT2D eigenvalue weighted by atomic mass is 16.5. The molecule has 1 aliphatic rings. The lowest BCUT2D eigenvalue weighted by atomic mass is 10.0. The number of aryl methyl sites for hydroxylation is 2. The number of nitrogens with zero attached hydrogens (tertiary/aromatic N) is 5. The van der Waals surface area contributed by atoms with Gasteiger partial charge in [0.1, 0.15) is 0 Å². The third kappa shape index (κ3) is 4.50. The Kier molecular flexibility index (Phi) is 5.74. The Morgan fingerprint density at radius 2 is 1.84 bits per heavy atom. The number of para-hydroxylation sites is 1. The second kappa shape index (κ2) is 8.96. The number of fused-ring (bicyclic) bond motifs is 1. The van der Waals surface area contributed by atoms with Gasteiger partial charge in [-0.15, -0.1) is 0 Å². The van der Waals surface area contributed by atoms with Crippen LogP contribution in [-0.4, -0.2) is 57.5 Å². The summed E-state index contributed by atoms with van der Waals surface area (Å²) in [5.74, 6) is 0. The SMILES string of the molecule is Cc1cccc(-c2cccc3ncc(-c4cnn(CCCN5CCOCC5)c4)nc23)c1. The summed E-state index contributed by atoms with van der Waals surface area (Å²) in [5.41, 5.74) is 7.18. The van der Waals surface area contributed by atoms with Gasteiger partial charge in [-0.1, -0.05) is 42.0 Å². The Balaban J connectivity index is 1.36. The van der Waals surface area contributed by atoms with E-state index in [0.717, 1.165) is 79.2 Å². The van der Waals surface area contributed by atoms with Crippen molar-refractivity contribution in [1.82, 2.24) is 24.6 Å². The van der Waals surface area contributed by atoms with E-state index >= 15 is 0 Å². The van der Waals surface area contributed by atoms with Crippen molar-refractivity contribution in [3.63, 3.8) is 0 Å². The fourth-order valence-corrected chi connectivity index (χ4v) is 4.12.